The third-order valence-corrected chi connectivity index (χ3v) is 5.50. The molecule has 1 aliphatic carbocycles. The van der Waals surface area contributed by atoms with Gasteiger partial charge >= 0.3 is 0 Å². The summed E-state index contributed by atoms with van der Waals surface area (Å²) in [5.41, 5.74) is 6.25. The van der Waals surface area contributed by atoms with Crippen LogP contribution in [0.4, 0.5) is 0 Å². The molecule has 0 radical (unpaired) electrons. The molecular weight excluding hydrogens is 276 g/mol. The second-order valence-corrected chi connectivity index (χ2v) is 6.37. The molecule has 0 aromatic heterocycles. The lowest BCUT2D eigenvalue weighted by molar-refractivity contribution is 0.108. The summed E-state index contributed by atoms with van der Waals surface area (Å²) in [5, 5.41) is 0.148. The molecule has 2 heteroatoms. The van der Waals surface area contributed by atoms with Gasteiger partial charge in [-0.2, -0.15) is 0 Å². The Morgan fingerprint density at radius 3 is 2.33 bits per heavy atom. The summed E-state index contributed by atoms with van der Waals surface area (Å²) in [7, 11) is 0. The van der Waals surface area contributed by atoms with Crippen LogP contribution in [0, 0.1) is 0 Å². The first kappa shape index (κ1) is 14.4. The van der Waals surface area contributed by atoms with Crippen LogP contribution >= 0.6 is 11.8 Å². The molecule has 0 spiro atoms. The van der Waals surface area contributed by atoms with Crippen molar-refractivity contribution in [2.24, 2.45) is 0 Å². The molecule has 0 amide bonds. The van der Waals surface area contributed by atoms with Crippen molar-refractivity contribution >= 4 is 16.9 Å². The van der Waals surface area contributed by atoms with Crippen molar-refractivity contribution in [2.45, 2.75) is 32.1 Å². The lowest BCUT2D eigenvalue weighted by Crippen LogP contribution is -2.23. The molecule has 0 atom stereocenters. The molecule has 108 valence electrons. The van der Waals surface area contributed by atoms with Gasteiger partial charge < -0.3 is 0 Å². The van der Waals surface area contributed by atoms with Crippen molar-refractivity contribution in [1.29, 1.82) is 0 Å². The minimum atomic E-state index is 0.0562. The maximum atomic E-state index is 12.0. The third kappa shape index (κ3) is 1.96. The Bertz CT molecular complexity index is 698. The Morgan fingerprint density at radius 2 is 1.67 bits per heavy atom. The van der Waals surface area contributed by atoms with E-state index in [-0.39, 0.29) is 10.5 Å². The van der Waals surface area contributed by atoms with Crippen molar-refractivity contribution in [3.05, 3.63) is 59.2 Å². The zero-order chi connectivity index (χ0) is 15.0. The number of hydrogen-bond donors (Lipinski definition) is 0. The van der Waals surface area contributed by atoms with Gasteiger partial charge in [0.2, 0.25) is 5.12 Å². The lowest BCUT2D eigenvalue weighted by atomic mass is 9.73. The van der Waals surface area contributed by atoms with Crippen LogP contribution in [-0.2, 0) is 5.41 Å². The van der Waals surface area contributed by atoms with Gasteiger partial charge in [-0.05, 0) is 53.5 Å². The van der Waals surface area contributed by atoms with Crippen molar-refractivity contribution < 1.29 is 4.79 Å². The van der Waals surface area contributed by atoms with Gasteiger partial charge in [-0.15, -0.1) is 0 Å². The lowest BCUT2D eigenvalue weighted by Gasteiger charge is -2.29. The van der Waals surface area contributed by atoms with Crippen LogP contribution in [0.3, 0.4) is 0 Å². The number of carbonyl (C=O) groups is 1. The molecule has 0 bridgehead atoms. The minimum Gasteiger partial charge on any atom is -0.282 e. The zero-order valence-corrected chi connectivity index (χ0v) is 13.6. The summed E-state index contributed by atoms with van der Waals surface area (Å²) in [6, 6.07) is 14.9. The molecule has 2 aromatic carbocycles. The molecule has 0 heterocycles. The summed E-state index contributed by atoms with van der Waals surface area (Å²) < 4.78 is 0. The molecule has 0 fully saturated rings. The van der Waals surface area contributed by atoms with E-state index in [2.05, 4.69) is 50.2 Å². The smallest absolute Gasteiger partial charge is 0.219 e. The fraction of sp³-hybridized carbons (Fsp3) is 0.316. The monoisotopic (exact) mass is 296 g/mol. The molecule has 0 unspecified atom stereocenters. The Hall–Kier alpha value is -1.54. The first-order valence-corrected chi connectivity index (χ1v) is 8.73. The topological polar surface area (TPSA) is 17.1 Å². The van der Waals surface area contributed by atoms with Gasteiger partial charge in [0, 0.05) is 11.0 Å². The summed E-state index contributed by atoms with van der Waals surface area (Å²) in [6.45, 7) is 4.50. The Balaban J connectivity index is 2.28. The predicted molar refractivity (Wildman–Crippen MR) is 91.1 cm³/mol. The second kappa shape index (κ2) is 5.34. The van der Waals surface area contributed by atoms with E-state index in [1.54, 1.807) is 0 Å². The summed E-state index contributed by atoms with van der Waals surface area (Å²) >= 11 is 1.28. The zero-order valence-electron chi connectivity index (χ0n) is 12.8. The van der Waals surface area contributed by atoms with Crippen molar-refractivity contribution in [2.75, 3.05) is 6.26 Å². The maximum absolute atomic E-state index is 12.0. The fourth-order valence-electron chi connectivity index (χ4n) is 3.71. The highest BCUT2D eigenvalue weighted by molar-refractivity contribution is 8.13. The van der Waals surface area contributed by atoms with Crippen LogP contribution in [0.1, 0.15) is 48.2 Å². The van der Waals surface area contributed by atoms with Gasteiger partial charge in [0.1, 0.15) is 0 Å². The normalized spacial score (nSPS) is 14.6. The van der Waals surface area contributed by atoms with E-state index in [1.165, 1.54) is 34.0 Å². The van der Waals surface area contributed by atoms with E-state index in [9.17, 15) is 4.79 Å². The molecule has 0 N–H and O–H groups in total. The van der Waals surface area contributed by atoms with Gasteiger partial charge in [-0.1, -0.05) is 55.9 Å². The number of rotatable bonds is 3. The predicted octanol–water partition coefficient (Wildman–Crippen LogP) is 5.28. The fourth-order valence-corrected chi connectivity index (χ4v) is 4.07. The third-order valence-electron chi connectivity index (χ3n) is 4.90. The van der Waals surface area contributed by atoms with Gasteiger partial charge in [-0.3, -0.25) is 4.79 Å². The van der Waals surface area contributed by atoms with Crippen molar-refractivity contribution in [1.82, 2.24) is 0 Å². The van der Waals surface area contributed by atoms with E-state index in [0.29, 0.717) is 0 Å². The summed E-state index contributed by atoms with van der Waals surface area (Å²) in [4.78, 5) is 12.0. The van der Waals surface area contributed by atoms with E-state index in [0.717, 1.165) is 18.4 Å². The highest BCUT2D eigenvalue weighted by Crippen LogP contribution is 2.52. The standard InChI is InChI=1S/C19H20OS/c1-4-19(5-2)16-9-7-6-8-14(16)15-11-10-13(12-17(15)19)18(20)21-3/h6-12H,4-5H2,1-3H3. The molecular formula is C19H20OS. The quantitative estimate of drug-likeness (QED) is 0.767. The van der Waals surface area contributed by atoms with Gasteiger partial charge in [-0.25, -0.2) is 0 Å². The molecule has 2 aromatic rings. The number of fused-ring (bicyclic) bond motifs is 3. The van der Waals surface area contributed by atoms with Gasteiger partial charge in [0.15, 0.2) is 0 Å². The van der Waals surface area contributed by atoms with E-state index < -0.39 is 0 Å². The van der Waals surface area contributed by atoms with Gasteiger partial charge in [0.25, 0.3) is 0 Å². The minimum absolute atomic E-state index is 0.0562. The number of thioether (sulfide) groups is 1. The average Bonchev–Trinajstić information content (AvgIpc) is 2.84. The van der Waals surface area contributed by atoms with Crippen LogP contribution in [0.25, 0.3) is 11.1 Å². The van der Waals surface area contributed by atoms with Crippen LogP contribution < -0.4 is 0 Å². The first-order chi connectivity index (χ1) is 10.2. The molecule has 1 nitrogen and oxygen atoms in total. The maximum Gasteiger partial charge on any atom is 0.219 e. The highest BCUT2D eigenvalue weighted by atomic mass is 32.2. The average molecular weight is 296 g/mol. The van der Waals surface area contributed by atoms with Crippen LogP contribution in [-0.4, -0.2) is 11.4 Å². The Morgan fingerprint density at radius 1 is 1.00 bits per heavy atom. The van der Waals surface area contributed by atoms with Crippen LogP contribution in [0.2, 0.25) is 0 Å². The van der Waals surface area contributed by atoms with E-state index in [1.807, 2.05) is 12.3 Å². The molecule has 3 rings (SSSR count). The number of hydrogen-bond acceptors (Lipinski definition) is 2. The Kier molecular flexibility index (Phi) is 3.66. The van der Waals surface area contributed by atoms with E-state index >= 15 is 0 Å². The Labute approximate surface area is 130 Å². The van der Waals surface area contributed by atoms with Gasteiger partial charge in [0.05, 0.1) is 0 Å². The molecule has 0 aliphatic heterocycles. The second-order valence-electron chi connectivity index (χ2n) is 5.59. The van der Waals surface area contributed by atoms with Crippen molar-refractivity contribution in [3.63, 3.8) is 0 Å². The van der Waals surface area contributed by atoms with Crippen molar-refractivity contribution in [3.8, 4) is 11.1 Å². The van der Waals surface area contributed by atoms with E-state index in [4.69, 9.17) is 0 Å². The molecule has 21 heavy (non-hydrogen) atoms. The van der Waals surface area contributed by atoms with Crippen LogP contribution in [0.15, 0.2) is 42.5 Å². The SMILES string of the molecule is CCC1(CC)c2ccccc2-c2ccc(C(=O)SC)cc21. The number of benzene rings is 2. The largest absolute Gasteiger partial charge is 0.282 e. The molecule has 0 saturated heterocycles. The summed E-state index contributed by atoms with van der Waals surface area (Å²) in [5.74, 6) is 0. The highest BCUT2D eigenvalue weighted by Gasteiger charge is 2.40. The first-order valence-electron chi connectivity index (χ1n) is 7.50. The molecule has 1 aliphatic rings. The summed E-state index contributed by atoms with van der Waals surface area (Å²) in [6.07, 6.45) is 3.96. The molecule has 0 saturated carbocycles. The number of carbonyl (C=O) groups excluding carboxylic acids is 1. The van der Waals surface area contributed by atoms with Crippen LogP contribution in [0.5, 0.6) is 0 Å².